The first kappa shape index (κ1) is 16.4. The monoisotopic (exact) mass is 277 g/mol. The third-order valence-electron chi connectivity index (χ3n) is 3.25. The number of nitrogens with one attached hydrogen (secondary N) is 1. The van der Waals surface area contributed by atoms with Crippen molar-refractivity contribution < 1.29 is 11.0 Å². The molecule has 0 aliphatic heterocycles. The second-order valence-electron chi connectivity index (χ2n) is 5.82. The van der Waals surface area contributed by atoms with Gasteiger partial charge in [-0.15, -0.1) is 0 Å². The summed E-state index contributed by atoms with van der Waals surface area (Å²) in [5.41, 5.74) is 1.99. The average molecular weight is 277 g/mol. The highest BCUT2D eigenvalue weighted by Crippen LogP contribution is 2.14. The van der Waals surface area contributed by atoms with Crippen molar-refractivity contribution in [1.29, 1.82) is 0 Å². The highest BCUT2D eigenvalue weighted by Gasteiger charge is 2.08. The van der Waals surface area contributed by atoms with Crippen molar-refractivity contribution >= 4 is 17.4 Å². The Balaban J connectivity index is 0.00000400. The Bertz CT molecular complexity index is 470. The molecule has 0 fully saturated rings. The minimum Gasteiger partial charge on any atom is -0.326 e. The van der Waals surface area contributed by atoms with Gasteiger partial charge in [-0.25, -0.2) is 0 Å². The van der Waals surface area contributed by atoms with Crippen LogP contribution in [0, 0.1) is 11.8 Å². The number of anilines is 1. The summed E-state index contributed by atoms with van der Waals surface area (Å²) in [6.07, 6.45) is 2.35. The van der Waals surface area contributed by atoms with Gasteiger partial charge in [0.25, 0.3) is 0 Å². The van der Waals surface area contributed by atoms with E-state index in [0.717, 1.165) is 24.1 Å². The number of ketones is 1. The predicted molar refractivity (Wildman–Crippen MR) is 84.8 cm³/mol. The number of hydrogen-bond acceptors (Lipinski definition) is 2. The van der Waals surface area contributed by atoms with E-state index >= 15 is 0 Å². The molecule has 0 unspecified atom stereocenters. The Labute approximate surface area is 123 Å². The van der Waals surface area contributed by atoms with Gasteiger partial charge in [-0.3, -0.25) is 9.59 Å². The summed E-state index contributed by atoms with van der Waals surface area (Å²) in [6, 6.07) is 7.85. The van der Waals surface area contributed by atoms with Gasteiger partial charge in [-0.1, -0.05) is 39.8 Å². The van der Waals surface area contributed by atoms with E-state index in [1.165, 1.54) is 0 Å². The normalized spacial score (nSPS) is 10.9. The summed E-state index contributed by atoms with van der Waals surface area (Å²) >= 11 is 0. The lowest BCUT2D eigenvalue weighted by atomic mass is 10.0. The van der Waals surface area contributed by atoms with Crippen molar-refractivity contribution in [2.45, 2.75) is 47.0 Å². The topological polar surface area (TPSA) is 46.2 Å². The first-order valence-corrected chi connectivity index (χ1v) is 7.32. The molecule has 3 nitrogen and oxygen atoms in total. The number of carbonyl (C=O) groups is 2. The van der Waals surface area contributed by atoms with Crippen molar-refractivity contribution in [1.82, 2.24) is 0 Å². The fraction of sp³-hybridized carbons (Fsp3) is 0.529. The smallest absolute Gasteiger partial charge is 0.226 e. The summed E-state index contributed by atoms with van der Waals surface area (Å²) in [5.74, 6) is 0.431. The molecule has 1 aromatic rings. The van der Waals surface area contributed by atoms with Gasteiger partial charge in [0.2, 0.25) is 5.91 Å². The van der Waals surface area contributed by atoms with Crippen LogP contribution in [0.2, 0.25) is 0 Å². The van der Waals surface area contributed by atoms with Gasteiger partial charge < -0.3 is 5.32 Å². The lowest BCUT2D eigenvalue weighted by Crippen LogP contribution is -2.17. The molecule has 1 N–H and O–H groups in total. The summed E-state index contributed by atoms with van der Waals surface area (Å²) in [5, 5.41) is 2.89. The third-order valence-corrected chi connectivity index (χ3v) is 3.25. The van der Waals surface area contributed by atoms with Gasteiger partial charge in [0.15, 0.2) is 0 Å². The number of amides is 1. The van der Waals surface area contributed by atoms with Crippen LogP contribution >= 0.6 is 0 Å². The highest BCUT2D eigenvalue weighted by atomic mass is 16.1. The first-order chi connectivity index (χ1) is 9.40. The number of benzene rings is 1. The third kappa shape index (κ3) is 5.55. The van der Waals surface area contributed by atoms with Crippen molar-refractivity contribution in [3.63, 3.8) is 0 Å². The maximum atomic E-state index is 11.6. The van der Waals surface area contributed by atoms with Gasteiger partial charge in [-0.2, -0.15) is 0 Å². The summed E-state index contributed by atoms with van der Waals surface area (Å²) in [7, 11) is 0. The Kier molecular flexibility index (Phi) is 6.43. The number of Topliss-reactive ketones (excluding diaryl/α,β-unsaturated/α-hetero) is 1. The molecule has 0 heterocycles. The number of carbonyl (C=O) groups excluding carboxylic acids is 2. The Morgan fingerprint density at radius 1 is 1.15 bits per heavy atom. The summed E-state index contributed by atoms with van der Waals surface area (Å²) in [4.78, 5) is 23.2. The van der Waals surface area contributed by atoms with Crippen LogP contribution < -0.4 is 5.32 Å². The Hall–Kier alpha value is -1.64. The van der Waals surface area contributed by atoms with E-state index in [0.29, 0.717) is 12.2 Å². The number of rotatable bonds is 7. The SMILES string of the molecule is CC(C)C(=O)CCCc1cccc(NC(=O)C(C)C)c1.[HH]. The molecule has 3 heteroatoms. The second-order valence-corrected chi connectivity index (χ2v) is 5.82. The van der Waals surface area contributed by atoms with E-state index in [1.54, 1.807) is 0 Å². The molecule has 0 atom stereocenters. The van der Waals surface area contributed by atoms with Crippen LogP contribution in [0.5, 0.6) is 0 Å². The lowest BCUT2D eigenvalue weighted by molar-refractivity contribution is -0.122. The van der Waals surface area contributed by atoms with Crippen LogP contribution in [0.3, 0.4) is 0 Å². The van der Waals surface area contributed by atoms with Crippen LogP contribution in [0.1, 0.15) is 47.5 Å². The van der Waals surface area contributed by atoms with Gasteiger partial charge in [0, 0.05) is 25.4 Å². The average Bonchev–Trinajstić information content (AvgIpc) is 2.38. The first-order valence-electron chi connectivity index (χ1n) is 7.32. The molecule has 1 aromatic carbocycles. The maximum Gasteiger partial charge on any atom is 0.226 e. The summed E-state index contributed by atoms with van der Waals surface area (Å²) < 4.78 is 0. The lowest BCUT2D eigenvalue weighted by Gasteiger charge is -2.09. The molecule has 112 valence electrons. The number of aryl methyl sites for hydroxylation is 1. The minimum absolute atomic E-state index is 0. The van der Waals surface area contributed by atoms with E-state index in [1.807, 2.05) is 52.0 Å². The van der Waals surface area contributed by atoms with Crippen LogP contribution in [-0.4, -0.2) is 11.7 Å². The quantitative estimate of drug-likeness (QED) is 0.816. The molecule has 1 rings (SSSR count). The van der Waals surface area contributed by atoms with Gasteiger partial charge in [0.1, 0.15) is 5.78 Å². The molecule has 20 heavy (non-hydrogen) atoms. The number of hydrogen-bond donors (Lipinski definition) is 1. The van der Waals surface area contributed by atoms with E-state index in [9.17, 15) is 9.59 Å². The minimum atomic E-state index is -0.0256. The summed E-state index contributed by atoms with van der Waals surface area (Å²) in [6.45, 7) is 7.61. The van der Waals surface area contributed by atoms with Crippen LogP contribution in [0.15, 0.2) is 24.3 Å². The zero-order valence-electron chi connectivity index (χ0n) is 12.9. The maximum absolute atomic E-state index is 11.6. The van der Waals surface area contributed by atoms with Crippen molar-refractivity contribution in [2.24, 2.45) is 11.8 Å². The van der Waals surface area contributed by atoms with E-state index < -0.39 is 0 Å². The Morgan fingerprint density at radius 2 is 1.85 bits per heavy atom. The zero-order chi connectivity index (χ0) is 15.1. The zero-order valence-corrected chi connectivity index (χ0v) is 12.9. The van der Waals surface area contributed by atoms with E-state index in [4.69, 9.17) is 0 Å². The predicted octanol–water partition coefficient (Wildman–Crippen LogP) is 4.07. The Morgan fingerprint density at radius 3 is 2.45 bits per heavy atom. The molecule has 0 bridgehead atoms. The fourth-order valence-corrected chi connectivity index (χ4v) is 1.85. The van der Waals surface area contributed by atoms with Crippen LogP contribution in [0.4, 0.5) is 5.69 Å². The molecule has 0 aliphatic rings. The van der Waals surface area contributed by atoms with Crippen molar-refractivity contribution in [2.75, 3.05) is 5.32 Å². The largest absolute Gasteiger partial charge is 0.326 e. The molecule has 0 radical (unpaired) electrons. The molecule has 0 spiro atoms. The standard InChI is InChI=1S/C17H25NO2.H2/c1-12(2)16(19)10-6-8-14-7-5-9-15(11-14)18-17(20)13(3)4;/h5,7,9,11-13H,6,8,10H2,1-4H3,(H,18,20);1H. The van der Waals surface area contributed by atoms with Crippen LogP contribution in [0.25, 0.3) is 0 Å². The van der Waals surface area contributed by atoms with Crippen molar-refractivity contribution in [3.8, 4) is 0 Å². The molecular weight excluding hydrogens is 250 g/mol. The second kappa shape index (κ2) is 7.83. The molecular formula is C17H27NO2. The van der Waals surface area contributed by atoms with Gasteiger partial charge in [-0.05, 0) is 30.5 Å². The molecule has 0 saturated heterocycles. The molecule has 1 amide bonds. The van der Waals surface area contributed by atoms with E-state index in [2.05, 4.69) is 5.32 Å². The van der Waals surface area contributed by atoms with Gasteiger partial charge >= 0.3 is 0 Å². The molecule has 0 saturated carbocycles. The van der Waals surface area contributed by atoms with Crippen LogP contribution in [-0.2, 0) is 16.0 Å². The highest BCUT2D eigenvalue weighted by molar-refractivity contribution is 5.92. The molecule has 0 aromatic heterocycles. The molecule has 0 aliphatic carbocycles. The fourth-order valence-electron chi connectivity index (χ4n) is 1.85. The van der Waals surface area contributed by atoms with Crippen molar-refractivity contribution in [3.05, 3.63) is 29.8 Å². The van der Waals surface area contributed by atoms with E-state index in [-0.39, 0.29) is 19.2 Å². The van der Waals surface area contributed by atoms with Gasteiger partial charge in [0.05, 0.1) is 0 Å².